The van der Waals surface area contributed by atoms with Crippen LogP contribution in [0.3, 0.4) is 0 Å². The first-order valence-corrected chi connectivity index (χ1v) is 7.95. The third-order valence-electron chi connectivity index (χ3n) is 3.63. The first-order chi connectivity index (χ1) is 9.16. The van der Waals surface area contributed by atoms with E-state index in [0.717, 1.165) is 12.0 Å². The maximum atomic E-state index is 12.2. The zero-order valence-corrected chi connectivity index (χ0v) is 13.0. The van der Waals surface area contributed by atoms with Gasteiger partial charge in [-0.3, -0.25) is 4.79 Å². The van der Waals surface area contributed by atoms with Gasteiger partial charge >= 0.3 is 0 Å². The van der Waals surface area contributed by atoms with Crippen molar-refractivity contribution in [2.45, 2.75) is 57.6 Å². The molecule has 0 heterocycles. The molecule has 1 aromatic carbocycles. The molecule has 0 aliphatic rings. The molecule has 0 aliphatic heterocycles. The van der Waals surface area contributed by atoms with Crippen molar-refractivity contribution in [1.29, 1.82) is 0 Å². The largest absolute Gasteiger partial charge is 0.293 e. The van der Waals surface area contributed by atoms with E-state index in [1.807, 2.05) is 30.3 Å². The number of hydrogen-bond acceptors (Lipinski definition) is 2. The Hall–Kier alpha value is -0.760. The lowest BCUT2D eigenvalue weighted by atomic mass is 9.94. The van der Waals surface area contributed by atoms with E-state index in [4.69, 9.17) is 0 Å². The summed E-state index contributed by atoms with van der Waals surface area (Å²) >= 11 is 4.53. The molecule has 2 atom stereocenters. The van der Waals surface area contributed by atoms with E-state index in [2.05, 4.69) is 26.5 Å². The van der Waals surface area contributed by atoms with Crippen LogP contribution in [0.1, 0.15) is 62.7 Å². The van der Waals surface area contributed by atoms with E-state index in [9.17, 15) is 4.79 Å². The summed E-state index contributed by atoms with van der Waals surface area (Å²) in [7, 11) is 0. The fourth-order valence-electron chi connectivity index (χ4n) is 2.26. The molecule has 0 fully saturated rings. The van der Waals surface area contributed by atoms with Gasteiger partial charge in [0.15, 0.2) is 5.78 Å². The molecule has 0 amide bonds. The van der Waals surface area contributed by atoms with Gasteiger partial charge in [0.2, 0.25) is 0 Å². The first-order valence-electron chi connectivity index (χ1n) is 7.44. The van der Waals surface area contributed by atoms with Crippen LogP contribution in [0.15, 0.2) is 30.3 Å². The Morgan fingerprint density at radius 2 is 1.74 bits per heavy atom. The lowest BCUT2D eigenvalue weighted by Gasteiger charge is -2.18. The molecular weight excluding hydrogens is 252 g/mol. The predicted octanol–water partition coefficient (Wildman–Crippen LogP) is 5.16. The number of Topliss-reactive ketones (excluding diaryl/α,β-unsaturated/α-hetero) is 1. The van der Waals surface area contributed by atoms with E-state index in [0.29, 0.717) is 5.92 Å². The van der Waals surface area contributed by atoms with Crippen molar-refractivity contribution in [1.82, 2.24) is 0 Å². The molecule has 0 saturated heterocycles. The van der Waals surface area contributed by atoms with Crippen molar-refractivity contribution in [2.75, 3.05) is 0 Å². The van der Waals surface area contributed by atoms with Crippen LogP contribution in [0.4, 0.5) is 0 Å². The standard InChI is InChI=1S/C17H26OS/c1-3-4-5-6-8-11-14(2)17(19)16(18)15-12-9-7-10-13-15/h7,9-10,12-14,17,19H,3-6,8,11H2,1-2H3. The second-order valence-corrected chi connectivity index (χ2v) is 5.91. The van der Waals surface area contributed by atoms with E-state index >= 15 is 0 Å². The van der Waals surface area contributed by atoms with Gasteiger partial charge in [-0.1, -0.05) is 76.3 Å². The Labute approximate surface area is 123 Å². The predicted molar refractivity (Wildman–Crippen MR) is 86.1 cm³/mol. The molecule has 0 N–H and O–H groups in total. The quantitative estimate of drug-likeness (QED) is 0.375. The SMILES string of the molecule is CCCCCCCC(C)C(S)C(=O)c1ccccc1. The summed E-state index contributed by atoms with van der Waals surface area (Å²) in [6.07, 6.45) is 7.49. The van der Waals surface area contributed by atoms with Crippen LogP contribution in [0.25, 0.3) is 0 Å². The number of unbranched alkanes of at least 4 members (excludes halogenated alkanes) is 4. The van der Waals surface area contributed by atoms with Crippen LogP contribution in [-0.4, -0.2) is 11.0 Å². The highest BCUT2D eigenvalue weighted by molar-refractivity contribution is 7.81. The van der Waals surface area contributed by atoms with E-state index in [-0.39, 0.29) is 11.0 Å². The van der Waals surface area contributed by atoms with Crippen molar-refractivity contribution in [3.05, 3.63) is 35.9 Å². The lowest BCUT2D eigenvalue weighted by molar-refractivity contribution is 0.0971. The molecule has 1 aromatic rings. The van der Waals surface area contributed by atoms with Gasteiger partial charge in [0, 0.05) is 5.56 Å². The first kappa shape index (κ1) is 16.3. The van der Waals surface area contributed by atoms with E-state index in [1.165, 1.54) is 32.1 Å². The minimum Gasteiger partial charge on any atom is -0.293 e. The van der Waals surface area contributed by atoms with Crippen LogP contribution in [0.5, 0.6) is 0 Å². The van der Waals surface area contributed by atoms with Crippen LogP contribution in [-0.2, 0) is 0 Å². The topological polar surface area (TPSA) is 17.1 Å². The van der Waals surface area contributed by atoms with Crippen LogP contribution in [0.2, 0.25) is 0 Å². The average Bonchev–Trinajstić information content (AvgIpc) is 2.46. The van der Waals surface area contributed by atoms with Crippen molar-refractivity contribution in [3.8, 4) is 0 Å². The molecule has 0 saturated carbocycles. The highest BCUT2D eigenvalue weighted by atomic mass is 32.1. The Bertz CT molecular complexity index is 361. The molecule has 0 bridgehead atoms. The molecule has 0 spiro atoms. The molecule has 0 aromatic heterocycles. The molecule has 2 unspecified atom stereocenters. The van der Waals surface area contributed by atoms with Gasteiger partial charge in [-0.15, -0.1) is 0 Å². The van der Waals surface area contributed by atoms with Gasteiger partial charge in [0.1, 0.15) is 0 Å². The summed E-state index contributed by atoms with van der Waals surface area (Å²) < 4.78 is 0. The fraction of sp³-hybridized carbons (Fsp3) is 0.588. The smallest absolute Gasteiger partial charge is 0.175 e. The summed E-state index contributed by atoms with van der Waals surface area (Å²) in [6, 6.07) is 9.49. The number of carbonyl (C=O) groups is 1. The molecule has 0 radical (unpaired) electrons. The number of hydrogen-bond donors (Lipinski definition) is 1. The number of benzene rings is 1. The molecule has 19 heavy (non-hydrogen) atoms. The van der Waals surface area contributed by atoms with Crippen molar-refractivity contribution >= 4 is 18.4 Å². The Balaban J connectivity index is 2.35. The Morgan fingerprint density at radius 1 is 1.11 bits per heavy atom. The fourth-order valence-corrected chi connectivity index (χ4v) is 2.56. The minimum absolute atomic E-state index is 0.157. The van der Waals surface area contributed by atoms with Crippen molar-refractivity contribution in [3.63, 3.8) is 0 Å². The second-order valence-electron chi connectivity index (χ2n) is 5.36. The summed E-state index contributed by atoms with van der Waals surface area (Å²) in [5, 5.41) is -0.173. The number of carbonyl (C=O) groups excluding carboxylic acids is 1. The monoisotopic (exact) mass is 278 g/mol. The zero-order chi connectivity index (χ0) is 14.1. The summed E-state index contributed by atoms with van der Waals surface area (Å²) in [5.74, 6) is 0.502. The maximum Gasteiger partial charge on any atom is 0.175 e. The number of ketones is 1. The molecule has 2 heteroatoms. The van der Waals surface area contributed by atoms with E-state index < -0.39 is 0 Å². The molecule has 106 valence electrons. The summed E-state index contributed by atoms with van der Waals surface area (Å²) in [4.78, 5) is 12.2. The third-order valence-corrected chi connectivity index (χ3v) is 4.37. The van der Waals surface area contributed by atoms with Gasteiger partial charge in [-0.25, -0.2) is 0 Å². The third kappa shape index (κ3) is 5.82. The van der Waals surface area contributed by atoms with Crippen LogP contribution in [0, 0.1) is 5.92 Å². The van der Waals surface area contributed by atoms with Gasteiger partial charge in [-0.05, 0) is 12.3 Å². The zero-order valence-electron chi connectivity index (χ0n) is 12.1. The van der Waals surface area contributed by atoms with Crippen molar-refractivity contribution in [2.24, 2.45) is 5.92 Å². The van der Waals surface area contributed by atoms with Gasteiger partial charge in [0.25, 0.3) is 0 Å². The van der Waals surface area contributed by atoms with Gasteiger partial charge in [-0.2, -0.15) is 12.6 Å². The maximum absolute atomic E-state index is 12.2. The second kappa shape index (κ2) is 9.19. The molecule has 1 rings (SSSR count). The molecule has 0 aliphatic carbocycles. The number of thiol groups is 1. The van der Waals surface area contributed by atoms with Gasteiger partial charge in [0.05, 0.1) is 5.25 Å². The van der Waals surface area contributed by atoms with Crippen LogP contribution >= 0.6 is 12.6 Å². The molecule has 1 nitrogen and oxygen atoms in total. The van der Waals surface area contributed by atoms with Crippen molar-refractivity contribution < 1.29 is 4.79 Å². The summed E-state index contributed by atoms with van der Waals surface area (Å²) in [5.41, 5.74) is 0.778. The Kier molecular flexibility index (Phi) is 7.88. The lowest BCUT2D eigenvalue weighted by Crippen LogP contribution is -2.22. The number of rotatable bonds is 9. The Morgan fingerprint density at radius 3 is 2.37 bits per heavy atom. The highest BCUT2D eigenvalue weighted by Crippen LogP contribution is 2.21. The van der Waals surface area contributed by atoms with Gasteiger partial charge < -0.3 is 0 Å². The minimum atomic E-state index is -0.173. The van der Waals surface area contributed by atoms with E-state index in [1.54, 1.807) is 0 Å². The molecular formula is C17H26OS. The summed E-state index contributed by atoms with van der Waals surface area (Å²) in [6.45, 7) is 4.36. The van der Waals surface area contributed by atoms with Crippen LogP contribution < -0.4 is 0 Å². The normalized spacial score (nSPS) is 14.1. The average molecular weight is 278 g/mol. The highest BCUT2D eigenvalue weighted by Gasteiger charge is 2.21.